The molecule has 0 fully saturated rings. The van der Waals surface area contributed by atoms with Gasteiger partial charge in [-0.15, -0.1) is 11.3 Å². The van der Waals surface area contributed by atoms with Crippen molar-refractivity contribution >= 4 is 22.9 Å². The summed E-state index contributed by atoms with van der Waals surface area (Å²) in [4.78, 5) is 19.0. The molecule has 0 spiro atoms. The maximum absolute atomic E-state index is 13.4. The number of amides is 1. The van der Waals surface area contributed by atoms with Crippen molar-refractivity contribution in [3.8, 4) is 16.9 Å². The molecule has 0 radical (unpaired) electrons. The molecule has 0 aliphatic rings. The van der Waals surface area contributed by atoms with E-state index in [0.29, 0.717) is 12.3 Å². The molecule has 35 heavy (non-hydrogen) atoms. The summed E-state index contributed by atoms with van der Waals surface area (Å²) in [5.74, 6) is -1.90. The van der Waals surface area contributed by atoms with Crippen LogP contribution in [0.4, 0.5) is 14.5 Å². The molecule has 0 aliphatic carbocycles. The van der Waals surface area contributed by atoms with Crippen LogP contribution in [-0.2, 0) is 11.3 Å². The van der Waals surface area contributed by atoms with E-state index in [9.17, 15) is 13.6 Å². The quantitative estimate of drug-likeness (QED) is 0.297. The minimum absolute atomic E-state index is 0.0971. The first-order valence-corrected chi connectivity index (χ1v) is 11.9. The van der Waals surface area contributed by atoms with Crippen LogP contribution in [-0.4, -0.2) is 29.4 Å². The molecule has 1 amide bonds. The second kappa shape index (κ2) is 11.2. The predicted molar refractivity (Wildman–Crippen MR) is 134 cm³/mol. The van der Waals surface area contributed by atoms with Gasteiger partial charge in [0, 0.05) is 35.4 Å². The molecule has 3 aromatic carbocycles. The number of carbonyl (C=O) groups excluding carboxylic acids is 1. The third kappa shape index (κ3) is 6.29. The molecule has 0 saturated heterocycles. The first-order chi connectivity index (χ1) is 16.9. The number of thiazole rings is 1. The fraction of sp³-hybridized carbons (Fsp3) is 0.185. The van der Waals surface area contributed by atoms with Crippen LogP contribution in [0.25, 0.3) is 11.1 Å². The van der Waals surface area contributed by atoms with Gasteiger partial charge < -0.3 is 10.1 Å². The zero-order chi connectivity index (χ0) is 24.8. The van der Waals surface area contributed by atoms with E-state index in [4.69, 9.17) is 4.74 Å². The van der Waals surface area contributed by atoms with Crippen molar-refractivity contribution in [1.82, 2.24) is 9.88 Å². The number of carbonyl (C=O) groups is 1. The van der Waals surface area contributed by atoms with Gasteiger partial charge in [-0.05, 0) is 49.4 Å². The van der Waals surface area contributed by atoms with E-state index in [1.54, 1.807) is 17.5 Å². The molecule has 1 N–H and O–H groups in total. The lowest BCUT2D eigenvalue weighted by Crippen LogP contribution is -2.23. The minimum Gasteiger partial charge on any atom is -0.483 e. The van der Waals surface area contributed by atoms with Crippen molar-refractivity contribution in [3.63, 3.8) is 0 Å². The average Bonchev–Trinajstić information content (AvgIpc) is 3.40. The molecule has 5 nitrogen and oxygen atoms in total. The molecule has 0 unspecified atom stereocenters. The van der Waals surface area contributed by atoms with Crippen molar-refractivity contribution in [1.29, 1.82) is 0 Å². The topological polar surface area (TPSA) is 54.5 Å². The van der Waals surface area contributed by atoms with Crippen LogP contribution in [0.15, 0.2) is 78.3 Å². The lowest BCUT2D eigenvalue weighted by atomic mass is 10.0. The summed E-state index contributed by atoms with van der Waals surface area (Å²) >= 11 is 1.60. The van der Waals surface area contributed by atoms with Crippen molar-refractivity contribution in [2.24, 2.45) is 0 Å². The zero-order valence-electron chi connectivity index (χ0n) is 19.4. The summed E-state index contributed by atoms with van der Waals surface area (Å²) in [6.45, 7) is 2.39. The van der Waals surface area contributed by atoms with Crippen LogP contribution >= 0.6 is 11.3 Å². The maximum atomic E-state index is 13.4. The number of ether oxygens (including phenoxy) is 1. The lowest BCUT2D eigenvalue weighted by Gasteiger charge is -2.24. The summed E-state index contributed by atoms with van der Waals surface area (Å²) in [6, 6.07) is 19.2. The number of hydrogen-bond acceptors (Lipinski definition) is 5. The summed E-state index contributed by atoms with van der Waals surface area (Å²) in [7, 11) is 2.01. The lowest BCUT2D eigenvalue weighted by molar-refractivity contribution is -0.118. The Kier molecular flexibility index (Phi) is 7.84. The fourth-order valence-electron chi connectivity index (χ4n) is 3.60. The van der Waals surface area contributed by atoms with Gasteiger partial charge in [0.25, 0.3) is 5.91 Å². The molecule has 8 heteroatoms. The van der Waals surface area contributed by atoms with Crippen LogP contribution in [0.1, 0.15) is 23.5 Å². The molecular formula is C27H25F2N3O2S. The molecule has 1 aromatic heterocycles. The average molecular weight is 494 g/mol. The van der Waals surface area contributed by atoms with Gasteiger partial charge in [-0.1, -0.05) is 36.4 Å². The normalized spacial score (nSPS) is 11.9. The van der Waals surface area contributed by atoms with E-state index in [1.165, 1.54) is 6.07 Å². The van der Waals surface area contributed by atoms with Gasteiger partial charge in [0.2, 0.25) is 0 Å². The second-order valence-corrected chi connectivity index (χ2v) is 9.04. The highest BCUT2D eigenvalue weighted by Gasteiger charge is 2.17. The third-order valence-corrected chi connectivity index (χ3v) is 6.57. The molecule has 1 heterocycles. The fourth-order valence-corrected chi connectivity index (χ4v) is 4.36. The highest BCUT2D eigenvalue weighted by Crippen LogP contribution is 2.30. The van der Waals surface area contributed by atoms with Gasteiger partial charge in [0.1, 0.15) is 10.8 Å². The maximum Gasteiger partial charge on any atom is 0.262 e. The first kappa shape index (κ1) is 24.5. The van der Waals surface area contributed by atoms with E-state index in [0.717, 1.165) is 33.8 Å². The van der Waals surface area contributed by atoms with Crippen molar-refractivity contribution in [3.05, 3.63) is 101 Å². The van der Waals surface area contributed by atoms with E-state index >= 15 is 0 Å². The molecule has 0 bridgehead atoms. The summed E-state index contributed by atoms with van der Waals surface area (Å²) in [6.07, 6.45) is 1.79. The number of benzene rings is 3. The van der Waals surface area contributed by atoms with Gasteiger partial charge in [0.05, 0.1) is 6.04 Å². The Labute approximate surface area is 207 Å². The number of aromatic nitrogens is 1. The van der Waals surface area contributed by atoms with Crippen LogP contribution < -0.4 is 10.1 Å². The Bertz CT molecular complexity index is 1280. The smallest absolute Gasteiger partial charge is 0.262 e. The minimum atomic E-state index is -1.03. The highest BCUT2D eigenvalue weighted by molar-refractivity contribution is 7.09. The van der Waals surface area contributed by atoms with Gasteiger partial charge in [-0.25, -0.2) is 13.8 Å². The Morgan fingerprint density at radius 2 is 1.86 bits per heavy atom. The SMILES string of the molecule is C[C@@H](c1nccs1)N(C)Cc1cc(-c2ccccc2)ccc1OCC(=O)Nc1ccc(F)c(F)c1. The van der Waals surface area contributed by atoms with Gasteiger partial charge in [-0.3, -0.25) is 9.69 Å². The summed E-state index contributed by atoms with van der Waals surface area (Å²) in [5, 5.41) is 5.49. The monoisotopic (exact) mass is 493 g/mol. The number of hydrogen-bond donors (Lipinski definition) is 1. The third-order valence-electron chi connectivity index (χ3n) is 5.62. The van der Waals surface area contributed by atoms with Crippen LogP contribution in [0.2, 0.25) is 0 Å². The standard InChI is InChI=1S/C27H25F2N3O2S/c1-18(27-30-12-13-35-27)32(2)16-21-14-20(19-6-4-3-5-7-19)8-11-25(21)34-17-26(33)31-22-9-10-23(28)24(29)15-22/h3-15,18H,16-17H2,1-2H3,(H,31,33)/t18-/m0/s1. The number of nitrogens with one attached hydrogen (secondary N) is 1. The Morgan fingerprint density at radius 3 is 2.57 bits per heavy atom. The highest BCUT2D eigenvalue weighted by atomic mass is 32.1. The zero-order valence-corrected chi connectivity index (χ0v) is 20.2. The molecule has 0 saturated carbocycles. The molecule has 180 valence electrons. The predicted octanol–water partition coefficient (Wildman–Crippen LogP) is 6.30. The van der Waals surface area contributed by atoms with E-state index < -0.39 is 17.5 Å². The van der Waals surface area contributed by atoms with Crippen molar-refractivity contribution < 1.29 is 18.3 Å². The van der Waals surface area contributed by atoms with Crippen molar-refractivity contribution in [2.75, 3.05) is 19.0 Å². The van der Waals surface area contributed by atoms with Gasteiger partial charge in [0.15, 0.2) is 18.2 Å². The molecule has 4 rings (SSSR count). The first-order valence-electron chi connectivity index (χ1n) is 11.1. The van der Waals surface area contributed by atoms with Crippen LogP contribution in [0, 0.1) is 11.6 Å². The molecule has 1 atom stereocenters. The summed E-state index contributed by atoms with van der Waals surface area (Å²) < 4.78 is 32.4. The molecule has 4 aromatic rings. The number of nitrogens with zero attached hydrogens (tertiary/aromatic N) is 2. The number of rotatable bonds is 9. The van der Waals surface area contributed by atoms with E-state index in [2.05, 4.69) is 28.2 Å². The largest absolute Gasteiger partial charge is 0.483 e. The Morgan fingerprint density at radius 1 is 1.06 bits per heavy atom. The summed E-state index contributed by atoms with van der Waals surface area (Å²) in [5.41, 5.74) is 3.19. The Hall–Kier alpha value is -3.62. The Balaban J connectivity index is 1.51. The van der Waals surface area contributed by atoms with Gasteiger partial charge >= 0.3 is 0 Å². The van der Waals surface area contributed by atoms with E-state index in [1.807, 2.05) is 54.9 Å². The van der Waals surface area contributed by atoms with Gasteiger partial charge in [-0.2, -0.15) is 0 Å². The second-order valence-electron chi connectivity index (χ2n) is 8.12. The molecular weight excluding hydrogens is 468 g/mol. The molecule has 0 aliphatic heterocycles. The number of halogens is 2. The van der Waals surface area contributed by atoms with Crippen molar-refractivity contribution in [2.45, 2.75) is 19.5 Å². The van der Waals surface area contributed by atoms with Crippen LogP contribution in [0.3, 0.4) is 0 Å². The number of anilines is 1. The van der Waals surface area contributed by atoms with E-state index in [-0.39, 0.29) is 18.3 Å². The van der Waals surface area contributed by atoms with Crippen LogP contribution in [0.5, 0.6) is 5.75 Å².